The predicted molar refractivity (Wildman–Crippen MR) is 69.4 cm³/mol. The van der Waals surface area contributed by atoms with E-state index in [1.165, 1.54) is 12.8 Å². The molecule has 16 heavy (non-hydrogen) atoms. The molecule has 0 aromatic heterocycles. The van der Waals surface area contributed by atoms with Crippen molar-refractivity contribution in [2.75, 3.05) is 0 Å². The maximum absolute atomic E-state index is 5.34. The molecule has 2 nitrogen and oxygen atoms in total. The van der Waals surface area contributed by atoms with Crippen LogP contribution in [0.5, 0.6) is 0 Å². The van der Waals surface area contributed by atoms with E-state index in [0.717, 1.165) is 28.6 Å². The summed E-state index contributed by atoms with van der Waals surface area (Å²) in [4.78, 5) is 5.34. The summed E-state index contributed by atoms with van der Waals surface area (Å²) < 4.78 is 1.05. The Kier molecular flexibility index (Phi) is 4.17. The van der Waals surface area contributed by atoms with Crippen LogP contribution in [0.25, 0.3) is 0 Å². The van der Waals surface area contributed by atoms with E-state index in [4.69, 9.17) is 4.84 Å². The summed E-state index contributed by atoms with van der Waals surface area (Å²) in [6.45, 7) is 0. The lowest BCUT2D eigenvalue weighted by molar-refractivity contribution is 0.210. The molecule has 1 aliphatic rings. The Hall–Kier alpha value is -1.09. The number of oxime groups is 1. The van der Waals surface area contributed by atoms with Crippen LogP contribution in [0.2, 0.25) is 0 Å². The fourth-order valence-corrected chi connectivity index (χ4v) is 2.05. The molecule has 0 fully saturated rings. The summed E-state index contributed by atoms with van der Waals surface area (Å²) in [5, 5.41) is 3.99. The van der Waals surface area contributed by atoms with E-state index >= 15 is 0 Å². The molecule has 1 aromatic rings. The molecule has 84 valence electrons. The average Bonchev–Trinajstić information content (AvgIpc) is 2.30. The first-order chi connectivity index (χ1) is 7.84. The monoisotopic (exact) mass is 279 g/mol. The van der Waals surface area contributed by atoms with Gasteiger partial charge in [0, 0.05) is 10.9 Å². The van der Waals surface area contributed by atoms with Crippen LogP contribution in [0.1, 0.15) is 31.2 Å². The Balaban J connectivity index is 1.92. The van der Waals surface area contributed by atoms with Crippen LogP contribution in [0.4, 0.5) is 0 Å². The third-order valence-corrected chi connectivity index (χ3v) is 2.96. The van der Waals surface area contributed by atoms with Crippen LogP contribution in [0.3, 0.4) is 0 Å². The van der Waals surface area contributed by atoms with Crippen molar-refractivity contribution in [1.29, 1.82) is 0 Å². The lowest BCUT2D eigenvalue weighted by Crippen LogP contribution is -1.93. The van der Waals surface area contributed by atoms with Gasteiger partial charge in [-0.3, -0.25) is 0 Å². The van der Waals surface area contributed by atoms with Gasteiger partial charge in [0.25, 0.3) is 0 Å². The average molecular weight is 280 g/mol. The molecule has 3 heteroatoms. The fourth-order valence-electron chi connectivity index (χ4n) is 1.63. The van der Waals surface area contributed by atoms with Crippen LogP contribution in [-0.4, -0.2) is 6.21 Å². The van der Waals surface area contributed by atoms with Gasteiger partial charge in [-0.1, -0.05) is 33.2 Å². The molecule has 0 heterocycles. The quantitative estimate of drug-likeness (QED) is 0.599. The number of hydrogen-bond donors (Lipinski definition) is 0. The fraction of sp³-hybridized carbons (Fsp3) is 0.308. The van der Waals surface area contributed by atoms with Crippen molar-refractivity contribution < 1.29 is 4.84 Å². The number of halogens is 1. The summed E-state index contributed by atoms with van der Waals surface area (Å²) in [6.07, 6.45) is 8.46. The molecule has 0 amide bonds. The summed E-state index contributed by atoms with van der Waals surface area (Å²) in [6, 6.07) is 7.96. The Morgan fingerprint density at radius 3 is 3.00 bits per heavy atom. The SMILES string of the molecule is Brc1cccc(C=NOC2=CCCCC2)c1. The van der Waals surface area contributed by atoms with Crippen molar-refractivity contribution in [3.05, 3.63) is 46.1 Å². The van der Waals surface area contributed by atoms with Crippen molar-refractivity contribution >= 4 is 22.1 Å². The second-order valence-electron chi connectivity index (χ2n) is 3.80. The largest absolute Gasteiger partial charge is 0.362 e. The normalized spacial score (nSPS) is 16.2. The molecule has 0 saturated carbocycles. The molecule has 1 aliphatic carbocycles. The molecule has 0 radical (unpaired) electrons. The number of rotatable bonds is 3. The minimum Gasteiger partial charge on any atom is -0.362 e. The zero-order chi connectivity index (χ0) is 11.2. The van der Waals surface area contributed by atoms with E-state index in [-0.39, 0.29) is 0 Å². The zero-order valence-electron chi connectivity index (χ0n) is 9.03. The molecule has 0 saturated heterocycles. The number of benzene rings is 1. The lowest BCUT2D eigenvalue weighted by Gasteiger charge is -2.08. The molecule has 0 N–H and O–H groups in total. The second-order valence-corrected chi connectivity index (χ2v) is 4.71. The maximum Gasteiger partial charge on any atom is 0.131 e. The first-order valence-corrected chi connectivity index (χ1v) is 6.29. The van der Waals surface area contributed by atoms with Gasteiger partial charge in [-0.15, -0.1) is 0 Å². The zero-order valence-corrected chi connectivity index (χ0v) is 10.6. The highest BCUT2D eigenvalue weighted by atomic mass is 79.9. The molecular weight excluding hydrogens is 266 g/mol. The van der Waals surface area contributed by atoms with Crippen molar-refractivity contribution in [2.45, 2.75) is 25.7 Å². The minimum absolute atomic E-state index is 0.998. The van der Waals surface area contributed by atoms with Crippen molar-refractivity contribution in [3.63, 3.8) is 0 Å². The Labute approximate surface area is 104 Å². The van der Waals surface area contributed by atoms with Crippen LogP contribution < -0.4 is 0 Å². The van der Waals surface area contributed by atoms with Crippen LogP contribution in [0, 0.1) is 0 Å². The second kappa shape index (κ2) is 5.85. The van der Waals surface area contributed by atoms with E-state index in [9.17, 15) is 0 Å². The molecule has 0 spiro atoms. The Morgan fingerprint density at radius 1 is 1.31 bits per heavy atom. The van der Waals surface area contributed by atoms with E-state index in [1.807, 2.05) is 24.3 Å². The standard InChI is InChI=1S/C13H14BrNO/c14-12-6-4-5-11(9-12)10-15-16-13-7-2-1-3-8-13/h4-7,9-10H,1-3,8H2. The molecule has 0 bridgehead atoms. The summed E-state index contributed by atoms with van der Waals surface area (Å²) in [5.41, 5.74) is 1.03. The van der Waals surface area contributed by atoms with Gasteiger partial charge in [0.15, 0.2) is 0 Å². The van der Waals surface area contributed by atoms with Crippen molar-refractivity contribution in [1.82, 2.24) is 0 Å². The highest BCUT2D eigenvalue weighted by molar-refractivity contribution is 9.10. The van der Waals surface area contributed by atoms with Crippen LogP contribution in [0.15, 0.2) is 45.7 Å². The molecular formula is C13H14BrNO. The lowest BCUT2D eigenvalue weighted by atomic mass is 10.1. The highest BCUT2D eigenvalue weighted by Gasteiger charge is 2.03. The summed E-state index contributed by atoms with van der Waals surface area (Å²) >= 11 is 3.42. The van der Waals surface area contributed by atoms with Crippen LogP contribution >= 0.6 is 15.9 Å². The number of hydrogen-bond acceptors (Lipinski definition) is 2. The third kappa shape index (κ3) is 3.49. The van der Waals surface area contributed by atoms with Gasteiger partial charge in [0.05, 0.1) is 6.21 Å². The first-order valence-electron chi connectivity index (χ1n) is 5.49. The van der Waals surface area contributed by atoms with E-state index < -0.39 is 0 Å². The van der Waals surface area contributed by atoms with Gasteiger partial charge in [-0.25, -0.2) is 0 Å². The third-order valence-electron chi connectivity index (χ3n) is 2.47. The molecule has 0 atom stereocenters. The summed E-state index contributed by atoms with van der Waals surface area (Å²) in [7, 11) is 0. The van der Waals surface area contributed by atoms with Crippen molar-refractivity contribution in [2.24, 2.45) is 5.16 Å². The molecule has 0 aliphatic heterocycles. The van der Waals surface area contributed by atoms with E-state index in [0.29, 0.717) is 0 Å². The van der Waals surface area contributed by atoms with Gasteiger partial charge in [0.2, 0.25) is 0 Å². The number of nitrogens with zero attached hydrogens (tertiary/aromatic N) is 1. The Bertz CT molecular complexity index is 412. The summed E-state index contributed by atoms with van der Waals surface area (Å²) in [5.74, 6) is 0.998. The highest BCUT2D eigenvalue weighted by Crippen LogP contribution is 2.18. The van der Waals surface area contributed by atoms with Gasteiger partial charge in [-0.2, -0.15) is 0 Å². The maximum atomic E-state index is 5.34. The topological polar surface area (TPSA) is 21.6 Å². The smallest absolute Gasteiger partial charge is 0.131 e. The first kappa shape index (κ1) is 11.4. The van der Waals surface area contributed by atoms with Gasteiger partial charge >= 0.3 is 0 Å². The minimum atomic E-state index is 0.998. The van der Waals surface area contributed by atoms with Gasteiger partial charge in [-0.05, 0) is 43.0 Å². The van der Waals surface area contributed by atoms with Crippen molar-refractivity contribution in [3.8, 4) is 0 Å². The molecule has 2 rings (SSSR count). The van der Waals surface area contributed by atoms with Crippen LogP contribution in [-0.2, 0) is 4.84 Å². The van der Waals surface area contributed by atoms with E-state index in [1.54, 1.807) is 6.21 Å². The van der Waals surface area contributed by atoms with Gasteiger partial charge < -0.3 is 4.84 Å². The van der Waals surface area contributed by atoms with Gasteiger partial charge in [0.1, 0.15) is 5.76 Å². The molecule has 1 aromatic carbocycles. The molecule has 0 unspecified atom stereocenters. The Morgan fingerprint density at radius 2 is 2.25 bits per heavy atom. The van der Waals surface area contributed by atoms with E-state index in [2.05, 4.69) is 27.2 Å². The number of allylic oxidation sites excluding steroid dienone is 2. The predicted octanol–water partition coefficient (Wildman–Crippen LogP) is 4.26.